The van der Waals surface area contributed by atoms with Gasteiger partial charge in [0.05, 0.1) is 0 Å². The fourth-order valence-corrected chi connectivity index (χ4v) is 2.26. The normalized spacial score (nSPS) is 21.0. The van der Waals surface area contributed by atoms with E-state index in [2.05, 4.69) is 10.6 Å². The van der Waals surface area contributed by atoms with Crippen molar-refractivity contribution in [3.63, 3.8) is 0 Å². The van der Waals surface area contributed by atoms with Crippen LogP contribution in [0.1, 0.15) is 16.8 Å². The molecule has 1 aliphatic rings. The molecule has 1 aliphatic heterocycles. The van der Waals surface area contributed by atoms with E-state index in [1.165, 1.54) is 6.42 Å². The molecule has 0 saturated carbocycles. The molecule has 2 heterocycles. The average molecular weight is 210 g/mol. The molecule has 1 fully saturated rings. The van der Waals surface area contributed by atoms with E-state index in [-0.39, 0.29) is 5.91 Å². The lowest BCUT2D eigenvalue weighted by Crippen LogP contribution is -2.29. The molecular formula is C10H14N2OS. The largest absolute Gasteiger partial charge is 0.352 e. The summed E-state index contributed by atoms with van der Waals surface area (Å²) in [6.07, 6.45) is 1.17. The zero-order valence-corrected chi connectivity index (χ0v) is 8.77. The van der Waals surface area contributed by atoms with Crippen molar-refractivity contribution in [2.45, 2.75) is 6.42 Å². The van der Waals surface area contributed by atoms with Crippen LogP contribution in [-0.2, 0) is 0 Å². The highest BCUT2D eigenvalue weighted by molar-refractivity contribution is 7.08. The average Bonchev–Trinajstić information content (AvgIpc) is 2.87. The second-order valence-corrected chi connectivity index (χ2v) is 4.36. The van der Waals surface area contributed by atoms with Crippen molar-refractivity contribution < 1.29 is 4.79 Å². The lowest BCUT2D eigenvalue weighted by Gasteiger charge is -2.08. The standard InChI is InChI=1S/C10H14N2OS/c13-10(9-2-4-14-7-9)12-6-8-1-3-11-5-8/h2,4,7-8,11H,1,3,5-6H2,(H,12,13). The van der Waals surface area contributed by atoms with Gasteiger partial charge in [-0.2, -0.15) is 11.3 Å². The number of carbonyl (C=O) groups excluding carboxylic acids is 1. The van der Waals surface area contributed by atoms with Gasteiger partial charge in [-0.1, -0.05) is 0 Å². The predicted octanol–water partition coefficient (Wildman–Crippen LogP) is 1.09. The highest BCUT2D eigenvalue weighted by Gasteiger charge is 2.15. The van der Waals surface area contributed by atoms with E-state index in [4.69, 9.17) is 0 Å². The van der Waals surface area contributed by atoms with Crippen LogP contribution in [0.15, 0.2) is 16.8 Å². The summed E-state index contributed by atoms with van der Waals surface area (Å²) in [5, 5.41) is 10.0. The van der Waals surface area contributed by atoms with Gasteiger partial charge in [-0.3, -0.25) is 4.79 Å². The first-order valence-electron chi connectivity index (χ1n) is 4.87. The molecule has 2 rings (SSSR count). The molecule has 3 nitrogen and oxygen atoms in total. The lowest BCUT2D eigenvalue weighted by atomic mass is 10.1. The fraction of sp³-hybridized carbons (Fsp3) is 0.500. The molecule has 1 amide bonds. The van der Waals surface area contributed by atoms with Crippen LogP contribution >= 0.6 is 11.3 Å². The molecule has 0 radical (unpaired) electrons. The van der Waals surface area contributed by atoms with Crippen molar-refractivity contribution in [1.29, 1.82) is 0 Å². The third kappa shape index (κ3) is 2.33. The van der Waals surface area contributed by atoms with Crippen molar-refractivity contribution in [1.82, 2.24) is 10.6 Å². The van der Waals surface area contributed by atoms with E-state index in [0.717, 1.165) is 25.2 Å². The topological polar surface area (TPSA) is 41.1 Å². The number of hydrogen-bond donors (Lipinski definition) is 2. The Morgan fingerprint density at radius 2 is 2.64 bits per heavy atom. The maximum atomic E-state index is 11.5. The van der Waals surface area contributed by atoms with Crippen molar-refractivity contribution >= 4 is 17.2 Å². The Morgan fingerprint density at radius 1 is 1.71 bits per heavy atom. The van der Waals surface area contributed by atoms with E-state index >= 15 is 0 Å². The van der Waals surface area contributed by atoms with Crippen LogP contribution in [0.5, 0.6) is 0 Å². The van der Waals surface area contributed by atoms with Crippen LogP contribution in [0, 0.1) is 5.92 Å². The SMILES string of the molecule is O=C(NCC1CCNC1)c1ccsc1. The molecule has 2 N–H and O–H groups in total. The summed E-state index contributed by atoms with van der Waals surface area (Å²) in [6, 6.07) is 1.85. The Morgan fingerprint density at radius 3 is 3.29 bits per heavy atom. The van der Waals surface area contributed by atoms with Gasteiger partial charge >= 0.3 is 0 Å². The first-order chi connectivity index (χ1) is 6.86. The summed E-state index contributed by atoms with van der Waals surface area (Å²) in [6.45, 7) is 2.91. The second kappa shape index (κ2) is 4.57. The van der Waals surface area contributed by atoms with Crippen molar-refractivity contribution in [2.24, 2.45) is 5.92 Å². The molecule has 1 aromatic rings. The molecular weight excluding hydrogens is 196 g/mol. The summed E-state index contributed by atoms with van der Waals surface area (Å²) in [7, 11) is 0. The summed E-state index contributed by atoms with van der Waals surface area (Å²) >= 11 is 1.55. The summed E-state index contributed by atoms with van der Waals surface area (Å²) in [4.78, 5) is 11.5. The maximum Gasteiger partial charge on any atom is 0.252 e. The van der Waals surface area contributed by atoms with Gasteiger partial charge in [0.25, 0.3) is 5.91 Å². The van der Waals surface area contributed by atoms with Crippen LogP contribution in [0.3, 0.4) is 0 Å². The first kappa shape index (κ1) is 9.68. The number of nitrogens with one attached hydrogen (secondary N) is 2. The first-order valence-corrected chi connectivity index (χ1v) is 5.81. The van der Waals surface area contributed by atoms with E-state index in [9.17, 15) is 4.79 Å². The van der Waals surface area contributed by atoms with Gasteiger partial charge in [0.1, 0.15) is 0 Å². The minimum Gasteiger partial charge on any atom is -0.352 e. The smallest absolute Gasteiger partial charge is 0.252 e. The minimum atomic E-state index is 0.0538. The molecule has 1 atom stereocenters. The molecule has 1 unspecified atom stereocenters. The van der Waals surface area contributed by atoms with E-state index < -0.39 is 0 Å². The molecule has 0 aromatic carbocycles. The molecule has 1 aromatic heterocycles. The number of thiophene rings is 1. The Balaban J connectivity index is 1.78. The Bertz CT molecular complexity index is 291. The van der Waals surface area contributed by atoms with Crippen LogP contribution in [0.2, 0.25) is 0 Å². The van der Waals surface area contributed by atoms with E-state index in [1.54, 1.807) is 11.3 Å². The Labute approximate surface area is 87.5 Å². The van der Waals surface area contributed by atoms with Crippen LogP contribution < -0.4 is 10.6 Å². The molecule has 1 saturated heterocycles. The van der Waals surface area contributed by atoms with Crippen molar-refractivity contribution in [3.05, 3.63) is 22.4 Å². The van der Waals surface area contributed by atoms with E-state index in [0.29, 0.717) is 5.92 Å². The quantitative estimate of drug-likeness (QED) is 0.784. The molecule has 0 spiro atoms. The van der Waals surface area contributed by atoms with Gasteiger partial charge in [-0.05, 0) is 36.9 Å². The highest BCUT2D eigenvalue weighted by Crippen LogP contribution is 2.08. The van der Waals surface area contributed by atoms with Gasteiger partial charge in [0.2, 0.25) is 0 Å². The van der Waals surface area contributed by atoms with Crippen molar-refractivity contribution in [2.75, 3.05) is 19.6 Å². The monoisotopic (exact) mass is 210 g/mol. The third-order valence-electron chi connectivity index (χ3n) is 2.50. The summed E-state index contributed by atoms with van der Waals surface area (Å²) in [5.41, 5.74) is 0.779. The molecule has 0 bridgehead atoms. The second-order valence-electron chi connectivity index (χ2n) is 3.58. The number of rotatable bonds is 3. The molecule has 4 heteroatoms. The zero-order chi connectivity index (χ0) is 9.80. The van der Waals surface area contributed by atoms with Gasteiger partial charge in [-0.15, -0.1) is 0 Å². The Hall–Kier alpha value is -0.870. The predicted molar refractivity (Wildman–Crippen MR) is 57.6 cm³/mol. The van der Waals surface area contributed by atoms with Gasteiger partial charge in [0, 0.05) is 17.5 Å². The van der Waals surface area contributed by atoms with Gasteiger partial charge < -0.3 is 10.6 Å². The third-order valence-corrected chi connectivity index (χ3v) is 3.18. The maximum absolute atomic E-state index is 11.5. The molecule has 14 heavy (non-hydrogen) atoms. The summed E-state index contributed by atoms with van der Waals surface area (Å²) in [5.74, 6) is 0.663. The molecule has 0 aliphatic carbocycles. The van der Waals surface area contributed by atoms with Gasteiger partial charge in [-0.25, -0.2) is 0 Å². The number of amides is 1. The zero-order valence-electron chi connectivity index (χ0n) is 7.95. The Kier molecular flexibility index (Phi) is 3.16. The number of carbonyl (C=O) groups is 1. The fourth-order valence-electron chi connectivity index (χ4n) is 1.62. The van der Waals surface area contributed by atoms with E-state index in [1.807, 2.05) is 16.8 Å². The van der Waals surface area contributed by atoms with Crippen LogP contribution in [0.25, 0.3) is 0 Å². The summed E-state index contributed by atoms with van der Waals surface area (Å²) < 4.78 is 0. The van der Waals surface area contributed by atoms with Crippen molar-refractivity contribution in [3.8, 4) is 0 Å². The van der Waals surface area contributed by atoms with Gasteiger partial charge in [0.15, 0.2) is 0 Å². The van der Waals surface area contributed by atoms with Crippen LogP contribution in [-0.4, -0.2) is 25.5 Å². The van der Waals surface area contributed by atoms with Crippen LogP contribution in [0.4, 0.5) is 0 Å². The number of hydrogen-bond acceptors (Lipinski definition) is 3. The minimum absolute atomic E-state index is 0.0538. The molecule has 76 valence electrons. The lowest BCUT2D eigenvalue weighted by molar-refractivity contribution is 0.0948. The highest BCUT2D eigenvalue weighted by atomic mass is 32.1.